The maximum atomic E-state index is 12.9. The van der Waals surface area contributed by atoms with Gasteiger partial charge in [-0.25, -0.2) is 0 Å². The second-order valence-corrected chi connectivity index (χ2v) is 8.29. The van der Waals surface area contributed by atoms with Gasteiger partial charge in [-0.1, -0.05) is 35.0 Å². The zero-order valence-electron chi connectivity index (χ0n) is 17.2. The van der Waals surface area contributed by atoms with E-state index in [9.17, 15) is 19.7 Å². The first-order valence-electron chi connectivity index (χ1n) is 10.0. The number of likely N-dealkylation sites (N-methyl/N-ethyl adjacent to an activating group) is 1. The summed E-state index contributed by atoms with van der Waals surface area (Å²) in [6, 6.07) is 8.85. The molecule has 0 spiro atoms. The topological polar surface area (TPSA) is 113 Å². The van der Waals surface area contributed by atoms with E-state index in [4.69, 9.17) is 16.0 Å². The molecule has 1 aromatic heterocycles. The number of phenols is 1. The zero-order chi connectivity index (χ0) is 22.8. The van der Waals surface area contributed by atoms with Crippen LogP contribution in [-0.2, 0) is 0 Å². The van der Waals surface area contributed by atoms with Gasteiger partial charge in [0.25, 0.3) is 0 Å². The molecule has 0 saturated carbocycles. The van der Waals surface area contributed by atoms with Crippen molar-refractivity contribution in [3.63, 3.8) is 0 Å². The summed E-state index contributed by atoms with van der Waals surface area (Å²) in [4.78, 5) is 37.8. The third-order valence-electron chi connectivity index (χ3n) is 5.72. The van der Waals surface area contributed by atoms with Crippen LogP contribution in [0.1, 0.15) is 29.2 Å². The standard InChI is InChI=1S/C23H20ClN3O5/c1-27-9-8-16(18(12-27)26-31)21-20(29)11-17(25-30)22-19(28)10-15(32-23(21)22)7-4-13-2-5-14(24)6-3-13/h2-7,10-11,16,18,29H,8-9,12H2,1H3/b7-4+. The summed E-state index contributed by atoms with van der Waals surface area (Å²) in [6.45, 7) is 1.08. The van der Waals surface area contributed by atoms with E-state index in [0.29, 0.717) is 30.1 Å². The molecule has 9 heteroatoms. The number of hydrogen-bond donors (Lipinski definition) is 1. The Balaban J connectivity index is 1.89. The van der Waals surface area contributed by atoms with Crippen LogP contribution in [0.2, 0.25) is 5.02 Å². The van der Waals surface area contributed by atoms with E-state index in [1.165, 1.54) is 6.07 Å². The molecule has 1 fully saturated rings. The van der Waals surface area contributed by atoms with Crippen molar-refractivity contribution in [1.82, 2.24) is 4.90 Å². The van der Waals surface area contributed by atoms with Crippen molar-refractivity contribution in [2.45, 2.75) is 18.4 Å². The lowest BCUT2D eigenvalue weighted by Gasteiger charge is -2.33. The lowest BCUT2D eigenvalue weighted by atomic mass is 9.84. The molecule has 8 nitrogen and oxygen atoms in total. The minimum absolute atomic E-state index is 0.0278. The number of likely N-dealkylation sites (tertiary alicyclic amines) is 1. The Hall–Kier alpha value is -3.36. The molecule has 2 heterocycles. The van der Waals surface area contributed by atoms with Crippen LogP contribution in [0.15, 0.2) is 56.0 Å². The van der Waals surface area contributed by atoms with Gasteiger partial charge in [0.05, 0.1) is 5.39 Å². The fraction of sp³-hybridized carbons (Fsp3) is 0.261. The molecule has 0 amide bonds. The molecule has 1 N–H and O–H groups in total. The van der Waals surface area contributed by atoms with Crippen LogP contribution in [0.25, 0.3) is 23.1 Å². The molecule has 1 aliphatic heterocycles. The zero-order valence-corrected chi connectivity index (χ0v) is 18.0. The third-order valence-corrected chi connectivity index (χ3v) is 5.97. The summed E-state index contributed by atoms with van der Waals surface area (Å²) < 4.78 is 5.99. The Labute approximate surface area is 188 Å². The monoisotopic (exact) mass is 453 g/mol. The normalized spacial score (nSPS) is 19.4. The van der Waals surface area contributed by atoms with Crippen LogP contribution in [0.3, 0.4) is 0 Å². The molecule has 2 aromatic carbocycles. The van der Waals surface area contributed by atoms with Crippen LogP contribution in [0.4, 0.5) is 5.69 Å². The number of fused-ring (bicyclic) bond motifs is 1. The van der Waals surface area contributed by atoms with E-state index in [-0.39, 0.29) is 28.2 Å². The predicted octanol–water partition coefficient (Wildman–Crippen LogP) is 5.27. The second kappa shape index (κ2) is 9.02. The molecular formula is C23H20ClN3O5. The van der Waals surface area contributed by atoms with Gasteiger partial charge >= 0.3 is 0 Å². The average molecular weight is 454 g/mol. The summed E-state index contributed by atoms with van der Waals surface area (Å²) >= 11 is 5.91. The molecule has 164 valence electrons. The number of benzene rings is 2. The summed E-state index contributed by atoms with van der Waals surface area (Å²) in [5.74, 6) is -0.493. The van der Waals surface area contributed by atoms with Crippen LogP contribution < -0.4 is 5.43 Å². The van der Waals surface area contributed by atoms with Gasteiger partial charge in [0, 0.05) is 35.2 Å². The Morgan fingerprint density at radius 3 is 2.62 bits per heavy atom. The van der Waals surface area contributed by atoms with Crippen LogP contribution in [-0.4, -0.2) is 36.2 Å². The summed E-state index contributed by atoms with van der Waals surface area (Å²) in [7, 11) is 1.88. The third kappa shape index (κ3) is 4.19. The number of halogens is 1. The van der Waals surface area contributed by atoms with Gasteiger partial charge in [0.1, 0.15) is 28.8 Å². The van der Waals surface area contributed by atoms with Crippen molar-refractivity contribution in [3.8, 4) is 5.75 Å². The van der Waals surface area contributed by atoms with Gasteiger partial charge in [-0.3, -0.25) is 4.79 Å². The fourth-order valence-corrected chi connectivity index (χ4v) is 4.26. The quantitative estimate of drug-likeness (QED) is 0.526. The van der Waals surface area contributed by atoms with E-state index in [1.807, 2.05) is 24.1 Å². The molecule has 1 saturated heterocycles. The summed E-state index contributed by atoms with van der Waals surface area (Å²) in [6.07, 6.45) is 3.88. The van der Waals surface area contributed by atoms with Gasteiger partial charge in [-0.05, 0) is 49.0 Å². The SMILES string of the molecule is CN1CCC(c2c(O)cc(N=O)c3c(=O)cc(/C=C/c4ccc(Cl)cc4)oc23)C(N=O)C1. The Kier molecular flexibility index (Phi) is 6.16. The van der Waals surface area contributed by atoms with Crippen LogP contribution >= 0.6 is 11.6 Å². The summed E-state index contributed by atoms with van der Waals surface area (Å²) in [5.41, 5.74) is 0.493. The average Bonchev–Trinajstić information content (AvgIpc) is 2.78. The van der Waals surface area contributed by atoms with Gasteiger partial charge in [-0.2, -0.15) is 4.91 Å². The fourth-order valence-electron chi connectivity index (χ4n) is 4.14. The van der Waals surface area contributed by atoms with Crippen molar-refractivity contribution in [2.75, 3.05) is 20.1 Å². The lowest BCUT2D eigenvalue weighted by molar-refractivity contribution is 0.226. The van der Waals surface area contributed by atoms with E-state index in [0.717, 1.165) is 11.6 Å². The largest absolute Gasteiger partial charge is 0.507 e. The van der Waals surface area contributed by atoms with E-state index in [2.05, 4.69) is 10.4 Å². The molecule has 1 aliphatic rings. The minimum Gasteiger partial charge on any atom is -0.507 e. The number of nitroso groups, excluding NO2 is 2. The Bertz CT molecular complexity index is 1270. The highest BCUT2D eigenvalue weighted by Gasteiger charge is 2.35. The Morgan fingerprint density at radius 1 is 1.19 bits per heavy atom. The van der Waals surface area contributed by atoms with Gasteiger partial charge in [-0.15, -0.1) is 4.91 Å². The molecule has 0 radical (unpaired) electrons. The smallest absolute Gasteiger partial charge is 0.195 e. The lowest BCUT2D eigenvalue weighted by Crippen LogP contribution is -2.39. The van der Waals surface area contributed by atoms with E-state index in [1.54, 1.807) is 24.3 Å². The second-order valence-electron chi connectivity index (χ2n) is 7.85. The molecular weight excluding hydrogens is 434 g/mol. The Morgan fingerprint density at radius 2 is 1.94 bits per heavy atom. The highest BCUT2D eigenvalue weighted by atomic mass is 35.5. The highest BCUT2D eigenvalue weighted by molar-refractivity contribution is 6.30. The molecule has 2 atom stereocenters. The first-order valence-corrected chi connectivity index (χ1v) is 10.4. The van der Waals surface area contributed by atoms with E-state index < -0.39 is 17.4 Å². The first-order chi connectivity index (χ1) is 15.4. The van der Waals surface area contributed by atoms with Crippen molar-refractivity contribution in [1.29, 1.82) is 0 Å². The van der Waals surface area contributed by atoms with Gasteiger partial charge < -0.3 is 14.4 Å². The van der Waals surface area contributed by atoms with Crippen molar-refractivity contribution < 1.29 is 9.52 Å². The number of rotatable bonds is 5. The molecule has 0 aliphatic carbocycles. The maximum Gasteiger partial charge on any atom is 0.195 e. The molecule has 3 aromatic rings. The minimum atomic E-state index is -0.642. The molecule has 4 rings (SSSR count). The van der Waals surface area contributed by atoms with E-state index >= 15 is 0 Å². The molecule has 0 bridgehead atoms. The number of aromatic hydroxyl groups is 1. The van der Waals surface area contributed by atoms with Gasteiger partial charge in [0.2, 0.25) is 0 Å². The van der Waals surface area contributed by atoms with Crippen LogP contribution in [0, 0.1) is 9.81 Å². The van der Waals surface area contributed by atoms with Crippen molar-refractivity contribution in [2.24, 2.45) is 10.4 Å². The number of piperidine rings is 1. The number of hydrogen-bond acceptors (Lipinski definition) is 8. The molecule has 2 unspecified atom stereocenters. The number of nitrogens with zero attached hydrogens (tertiary/aromatic N) is 3. The predicted molar refractivity (Wildman–Crippen MR) is 124 cm³/mol. The van der Waals surface area contributed by atoms with Gasteiger partial charge in [0.15, 0.2) is 5.43 Å². The molecule has 32 heavy (non-hydrogen) atoms. The number of phenolic OH excluding ortho intramolecular Hbond substituents is 1. The highest BCUT2D eigenvalue weighted by Crippen LogP contribution is 2.43. The summed E-state index contributed by atoms with van der Waals surface area (Å²) in [5, 5.41) is 17.4. The van der Waals surface area contributed by atoms with Crippen molar-refractivity contribution in [3.05, 3.63) is 78.3 Å². The maximum absolute atomic E-state index is 12.9. The first kappa shape index (κ1) is 21.9. The van der Waals surface area contributed by atoms with Crippen molar-refractivity contribution >= 4 is 40.4 Å². The van der Waals surface area contributed by atoms with Crippen LogP contribution in [0.5, 0.6) is 5.75 Å².